The van der Waals surface area contributed by atoms with Crippen molar-refractivity contribution < 1.29 is 9.53 Å². The van der Waals surface area contributed by atoms with E-state index in [1.165, 1.54) is 13.4 Å². The molecule has 1 aromatic heterocycles. The van der Waals surface area contributed by atoms with E-state index in [2.05, 4.69) is 15.4 Å². The molecule has 0 fully saturated rings. The van der Waals surface area contributed by atoms with Gasteiger partial charge in [-0.15, -0.1) is 0 Å². The fourth-order valence-electron chi connectivity index (χ4n) is 1.79. The Bertz CT molecular complexity index is 539. The molecule has 1 heterocycles. The minimum absolute atomic E-state index is 0.282. The lowest BCUT2D eigenvalue weighted by molar-refractivity contribution is -0.141. The molecule has 0 aliphatic rings. The quantitative estimate of drug-likeness (QED) is 0.827. The average molecular weight is 260 g/mol. The second-order valence-corrected chi connectivity index (χ2v) is 3.99. The normalized spacial score (nSPS) is 11.9. The number of carbonyl (C=O) groups excluding carboxylic acids is 1. The second kappa shape index (κ2) is 5.99. The highest BCUT2D eigenvalue weighted by Gasteiger charge is 2.18. The minimum atomic E-state index is -0.380. The summed E-state index contributed by atoms with van der Waals surface area (Å²) >= 11 is 0. The van der Waals surface area contributed by atoms with E-state index < -0.39 is 0 Å². The third-order valence-electron chi connectivity index (χ3n) is 2.79. The monoisotopic (exact) mass is 260 g/mol. The topological polar surface area (TPSA) is 69.0 Å². The Morgan fingerprint density at radius 1 is 1.47 bits per heavy atom. The SMILES string of the molecule is CCC(Nc1ccccc1-n1cncn1)C(=O)OC. The molecule has 6 heteroatoms. The number of ether oxygens (including phenoxy) is 1. The number of aromatic nitrogens is 3. The average Bonchev–Trinajstić information content (AvgIpc) is 2.98. The van der Waals surface area contributed by atoms with Crippen LogP contribution >= 0.6 is 0 Å². The molecular weight excluding hydrogens is 244 g/mol. The Labute approximate surface area is 111 Å². The van der Waals surface area contributed by atoms with Crippen LogP contribution < -0.4 is 5.32 Å². The van der Waals surface area contributed by atoms with Gasteiger partial charge in [0, 0.05) is 0 Å². The number of para-hydroxylation sites is 2. The first-order valence-corrected chi connectivity index (χ1v) is 6.04. The Morgan fingerprint density at radius 3 is 2.89 bits per heavy atom. The maximum Gasteiger partial charge on any atom is 0.328 e. The predicted molar refractivity (Wildman–Crippen MR) is 71.1 cm³/mol. The van der Waals surface area contributed by atoms with Crippen LogP contribution in [0.25, 0.3) is 5.69 Å². The van der Waals surface area contributed by atoms with Crippen molar-refractivity contribution >= 4 is 11.7 Å². The number of hydrogen-bond acceptors (Lipinski definition) is 5. The molecule has 2 aromatic rings. The summed E-state index contributed by atoms with van der Waals surface area (Å²) in [6.07, 6.45) is 3.71. The smallest absolute Gasteiger partial charge is 0.328 e. The first-order chi connectivity index (χ1) is 9.26. The van der Waals surface area contributed by atoms with Crippen LogP contribution in [-0.2, 0) is 9.53 Å². The summed E-state index contributed by atoms with van der Waals surface area (Å²) in [7, 11) is 1.38. The van der Waals surface area contributed by atoms with Crippen LogP contribution in [-0.4, -0.2) is 33.9 Å². The number of anilines is 1. The van der Waals surface area contributed by atoms with Crippen LogP contribution in [0.4, 0.5) is 5.69 Å². The van der Waals surface area contributed by atoms with Gasteiger partial charge in [-0.1, -0.05) is 19.1 Å². The summed E-state index contributed by atoms with van der Waals surface area (Å²) in [4.78, 5) is 15.5. The molecule has 0 amide bonds. The minimum Gasteiger partial charge on any atom is -0.467 e. The van der Waals surface area contributed by atoms with E-state index in [9.17, 15) is 4.79 Å². The second-order valence-electron chi connectivity index (χ2n) is 3.99. The summed E-state index contributed by atoms with van der Waals surface area (Å²) in [5, 5.41) is 7.27. The zero-order chi connectivity index (χ0) is 13.7. The van der Waals surface area contributed by atoms with Crippen molar-refractivity contribution in [3.8, 4) is 5.69 Å². The van der Waals surface area contributed by atoms with Crippen molar-refractivity contribution in [2.75, 3.05) is 12.4 Å². The van der Waals surface area contributed by atoms with Gasteiger partial charge in [-0.3, -0.25) is 0 Å². The molecule has 0 aliphatic heterocycles. The van der Waals surface area contributed by atoms with E-state index in [1.807, 2.05) is 31.2 Å². The fraction of sp³-hybridized carbons (Fsp3) is 0.308. The van der Waals surface area contributed by atoms with Crippen LogP contribution in [0.2, 0.25) is 0 Å². The number of rotatable bonds is 5. The van der Waals surface area contributed by atoms with Crippen LogP contribution in [0, 0.1) is 0 Å². The largest absolute Gasteiger partial charge is 0.467 e. The summed E-state index contributed by atoms with van der Waals surface area (Å²) in [5.41, 5.74) is 1.65. The number of hydrogen-bond donors (Lipinski definition) is 1. The standard InChI is InChI=1S/C13H16N4O2/c1-3-10(13(18)19-2)16-11-6-4-5-7-12(11)17-9-14-8-15-17/h4-10,16H,3H2,1-2H3. The van der Waals surface area contributed by atoms with Crippen LogP contribution in [0.5, 0.6) is 0 Å². The highest BCUT2D eigenvalue weighted by atomic mass is 16.5. The summed E-state index contributed by atoms with van der Waals surface area (Å²) in [6.45, 7) is 1.92. The molecule has 2 rings (SSSR count). The number of carbonyl (C=O) groups is 1. The van der Waals surface area contributed by atoms with Gasteiger partial charge in [0.05, 0.1) is 18.5 Å². The molecule has 0 aliphatic carbocycles. The van der Waals surface area contributed by atoms with Crippen LogP contribution in [0.1, 0.15) is 13.3 Å². The van der Waals surface area contributed by atoms with Gasteiger partial charge in [0.2, 0.25) is 0 Å². The van der Waals surface area contributed by atoms with Crippen LogP contribution in [0.15, 0.2) is 36.9 Å². The fourth-order valence-corrected chi connectivity index (χ4v) is 1.79. The van der Waals surface area contributed by atoms with Gasteiger partial charge >= 0.3 is 5.97 Å². The number of nitrogens with zero attached hydrogens (tertiary/aromatic N) is 3. The highest BCUT2D eigenvalue weighted by molar-refractivity contribution is 5.80. The van der Waals surface area contributed by atoms with Gasteiger partial charge in [0.15, 0.2) is 0 Å². The molecule has 1 unspecified atom stereocenters. The van der Waals surface area contributed by atoms with Crippen molar-refractivity contribution in [3.05, 3.63) is 36.9 Å². The molecule has 0 saturated carbocycles. The summed E-state index contributed by atoms with van der Waals surface area (Å²) in [6, 6.07) is 7.21. The van der Waals surface area contributed by atoms with Gasteiger partial charge in [0.25, 0.3) is 0 Å². The molecule has 0 bridgehead atoms. The molecule has 19 heavy (non-hydrogen) atoms. The number of methoxy groups -OCH3 is 1. The Morgan fingerprint density at radius 2 is 2.26 bits per heavy atom. The molecule has 1 N–H and O–H groups in total. The predicted octanol–water partition coefficient (Wildman–Crippen LogP) is 1.63. The zero-order valence-electron chi connectivity index (χ0n) is 10.9. The number of nitrogens with one attached hydrogen (secondary N) is 1. The number of esters is 1. The van der Waals surface area contributed by atoms with E-state index in [0.29, 0.717) is 6.42 Å². The third-order valence-corrected chi connectivity index (χ3v) is 2.79. The molecular formula is C13H16N4O2. The van der Waals surface area contributed by atoms with E-state index in [-0.39, 0.29) is 12.0 Å². The van der Waals surface area contributed by atoms with Gasteiger partial charge in [0.1, 0.15) is 18.7 Å². The van der Waals surface area contributed by atoms with Crippen LogP contribution in [0.3, 0.4) is 0 Å². The highest BCUT2D eigenvalue weighted by Crippen LogP contribution is 2.20. The lowest BCUT2D eigenvalue weighted by Gasteiger charge is -2.18. The van der Waals surface area contributed by atoms with E-state index in [1.54, 1.807) is 11.0 Å². The van der Waals surface area contributed by atoms with E-state index in [4.69, 9.17) is 4.74 Å². The van der Waals surface area contributed by atoms with Gasteiger partial charge < -0.3 is 10.1 Å². The molecule has 0 radical (unpaired) electrons. The van der Waals surface area contributed by atoms with E-state index >= 15 is 0 Å². The van der Waals surface area contributed by atoms with Crippen molar-refractivity contribution in [3.63, 3.8) is 0 Å². The van der Waals surface area contributed by atoms with E-state index in [0.717, 1.165) is 11.4 Å². The lowest BCUT2D eigenvalue weighted by Crippen LogP contribution is -2.30. The lowest BCUT2D eigenvalue weighted by atomic mass is 10.2. The maximum absolute atomic E-state index is 11.6. The molecule has 100 valence electrons. The molecule has 1 aromatic carbocycles. The number of benzene rings is 1. The van der Waals surface area contributed by atoms with Crippen molar-refractivity contribution in [1.29, 1.82) is 0 Å². The van der Waals surface area contributed by atoms with Crippen molar-refractivity contribution in [1.82, 2.24) is 14.8 Å². The Balaban J connectivity index is 2.28. The van der Waals surface area contributed by atoms with Crippen molar-refractivity contribution in [2.45, 2.75) is 19.4 Å². The summed E-state index contributed by atoms with van der Waals surface area (Å²) in [5.74, 6) is -0.282. The molecule has 0 spiro atoms. The first-order valence-electron chi connectivity index (χ1n) is 6.04. The summed E-state index contributed by atoms with van der Waals surface area (Å²) < 4.78 is 6.41. The molecule has 0 saturated heterocycles. The molecule has 6 nitrogen and oxygen atoms in total. The van der Waals surface area contributed by atoms with Crippen molar-refractivity contribution in [2.24, 2.45) is 0 Å². The first kappa shape index (κ1) is 13.1. The third kappa shape index (κ3) is 2.90. The Hall–Kier alpha value is -2.37. The van der Waals surface area contributed by atoms with Gasteiger partial charge in [-0.25, -0.2) is 14.5 Å². The van der Waals surface area contributed by atoms with Gasteiger partial charge in [-0.2, -0.15) is 5.10 Å². The van der Waals surface area contributed by atoms with Gasteiger partial charge in [-0.05, 0) is 18.6 Å². The maximum atomic E-state index is 11.6. The zero-order valence-corrected chi connectivity index (χ0v) is 10.9. The Kier molecular flexibility index (Phi) is 4.12. The molecule has 1 atom stereocenters.